The number of hydrogen-bond donors (Lipinski definition) is 1. The zero-order valence-electron chi connectivity index (χ0n) is 8.87. The smallest absolute Gasteiger partial charge is 0.155 e. The zero-order chi connectivity index (χ0) is 10.8. The molecule has 0 aliphatic carbocycles. The summed E-state index contributed by atoms with van der Waals surface area (Å²) < 4.78 is 1.81. The standard InChI is InChI=1S/C11H13N5/c1-2-6-13-10(5-1)16-11(14-8-15-16)9-4-3-7-12-9/h1-2,5-6,8-9,12H,3-4,7H2/t9-/m0/s1. The van der Waals surface area contributed by atoms with Gasteiger partial charge in [0, 0.05) is 6.20 Å². The quantitative estimate of drug-likeness (QED) is 0.814. The molecule has 1 aliphatic rings. The van der Waals surface area contributed by atoms with E-state index >= 15 is 0 Å². The van der Waals surface area contributed by atoms with Gasteiger partial charge >= 0.3 is 0 Å². The van der Waals surface area contributed by atoms with Gasteiger partial charge in [0.1, 0.15) is 6.33 Å². The first kappa shape index (κ1) is 9.47. The number of aromatic nitrogens is 4. The van der Waals surface area contributed by atoms with Crippen LogP contribution in [0.25, 0.3) is 5.82 Å². The predicted octanol–water partition coefficient (Wildman–Crippen LogP) is 1.09. The van der Waals surface area contributed by atoms with Gasteiger partial charge in [0.2, 0.25) is 0 Å². The van der Waals surface area contributed by atoms with Gasteiger partial charge in [-0.25, -0.2) is 9.97 Å². The van der Waals surface area contributed by atoms with Crippen molar-refractivity contribution < 1.29 is 0 Å². The second-order valence-corrected chi connectivity index (χ2v) is 3.87. The highest BCUT2D eigenvalue weighted by Crippen LogP contribution is 2.22. The fourth-order valence-electron chi connectivity index (χ4n) is 2.05. The summed E-state index contributed by atoms with van der Waals surface area (Å²) in [6, 6.07) is 6.10. The third kappa shape index (κ3) is 1.59. The molecule has 16 heavy (non-hydrogen) atoms. The van der Waals surface area contributed by atoms with E-state index in [-0.39, 0.29) is 0 Å². The topological polar surface area (TPSA) is 55.6 Å². The highest BCUT2D eigenvalue weighted by molar-refractivity contribution is 5.22. The highest BCUT2D eigenvalue weighted by atomic mass is 15.4. The molecule has 82 valence electrons. The summed E-state index contributed by atoms with van der Waals surface area (Å²) in [6.07, 6.45) is 5.66. The fourth-order valence-corrected chi connectivity index (χ4v) is 2.05. The third-order valence-electron chi connectivity index (χ3n) is 2.81. The zero-order valence-corrected chi connectivity index (χ0v) is 8.87. The molecule has 0 spiro atoms. The predicted molar refractivity (Wildman–Crippen MR) is 59.1 cm³/mol. The van der Waals surface area contributed by atoms with Gasteiger partial charge < -0.3 is 5.32 Å². The van der Waals surface area contributed by atoms with Gasteiger partial charge in [-0.2, -0.15) is 9.78 Å². The third-order valence-corrected chi connectivity index (χ3v) is 2.81. The minimum Gasteiger partial charge on any atom is -0.307 e. The van der Waals surface area contributed by atoms with Crippen molar-refractivity contribution in [2.75, 3.05) is 6.54 Å². The fraction of sp³-hybridized carbons (Fsp3) is 0.364. The van der Waals surface area contributed by atoms with Gasteiger partial charge in [-0.15, -0.1) is 0 Å². The molecule has 0 amide bonds. The van der Waals surface area contributed by atoms with E-state index in [0.29, 0.717) is 6.04 Å². The van der Waals surface area contributed by atoms with Crippen LogP contribution in [-0.4, -0.2) is 26.3 Å². The number of nitrogens with one attached hydrogen (secondary N) is 1. The van der Waals surface area contributed by atoms with Crippen LogP contribution in [0.1, 0.15) is 24.7 Å². The van der Waals surface area contributed by atoms with Crippen LogP contribution in [-0.2, 0) is 0 Å². The van der Waals surface area contributed by atoms with Crippen molar-refractivity contribution in [3.63, 3.8) is 0 Å². The SMILES string of the molecule is c1ccc(-n2ncnc2[C@@H]2CCCN2)nc1. The average Bonchev–Trinajstić information content (AvgIpc) is 3.01. The first-order chi connectivity index (χ1) is 7.95. The Morgan fingerprint density at radius 1 is 1.31 bits per heavy atom. The van der Waals surface area contributed by atoms with Crippen LogP contribution in [0.2, 0.25) is 0 Å². The maximum Gasteiger partial charge on any atom is 0.155 e. The molecule has 2 aromatic heterocycles. The second-order valence-electron chi connectivity index (χ2n) is 3.87. The summed E-state index contributed by atoms with van der Waals surface area (Å²) >= 11 is 0. The molecule has 1 saturated heterocycles. The van der Waals surface area contributed by atoms with Crippen LogP contribution in [0.3, 0.4) is 0 Å². The lowest BCUT2D eigenvalue weighted by atomic mass is 10.2. The largest absolute Gasteiger partial charge is 0.307 e. The first-order valence-corrected chi connectivity index (χ1v) is 5.50. The summed E-state index contributed by atoms with van der Waals surface area (Å²) in [4.78, 5) is 8.61. The normalized spacial score (nSPS) is 20.1. The van der Waals surface area contributed by atoms with Crippen LogP contribution < -0.4 is 5.32 Å². The van der Waals surface area contributed by atoms with Gasteiger partial charge in [0.15, 0.2) is 11.6 Å². The summed E-state index contributed by atoms with van der Waals surface area (Å²) in [6.45, 7) is 1.06. The molecule has 1 atom stereocenters. The van der Waals surface area contributed by atoms with E-state index in [1.54, 1.807) is 12.5 Å². The summed E-state index contributed by atoms with van der Waals surface area (Å²) in [5.74, 6) is 1.78. The van der Waals surface area contributed by atoms with E-state index in [1.807, 2.05) is 22.9 Å². The lowest BCUT2D eigenvalue weighted by Gasteiger charge is -2.10. The number of pyridine rings is 1. The van der Waals surface area contributed by atoms with Crippen LogP contribution in [0.15, 0.2) is 30.7 Å². The first-order valence-electron chi connectivity index (χ1n) is 5.50. The van der Waals surface area contributed by atoms with E-state index in [0.717, 1.165) is 24.6 Å². The monoisotopic (exact) mass is 215 g/mol. The number of rotatable bonds is 2. The Kier molecular flexibility index (Phi) is 2.38. The van der Waals surface area contributed by atoms with Gasteiger partial charge in [-0.05, 0) is 31.5 Å². The molecule has 1 aliphatic heterocycles. The summed E-state index contributed by atoms with van der Waals surface area (Å²) in [7, 11) is 0. The molecule has 3 rings (SSSR count). The number of nitrogens with zero attached hydrogens (tertiary/aromatic N) is 4. The average molecular weight is 215 g/mol. The van der Waals surface area contributed by atoms with Gasteiger partial charge in [0.25, 0.3) is 0 Å². The Labute approximate surface area is 93.5 Å². The Morgan fingerprint density at radius 2 is 2.31 bits per heavy atom. The minimum atomic E-state index is 0.310. The van der Waals surface area contributed by atoms with Crippen molar-refractivity contribution in [1.82, 2.24) is 25.1 Å². The molecule has 1 fully saturated rings. The van der Waals surface area contributed by atoms with Crippen LogP contribution in [0, 0.1) is 0 Å². The molecule has 0 unspecified atom stereocenters. The molecular weight excluding hydrogens is 202 g/mol. The maximum absolute atomic E-state index is 4.32. The van der Waals surface area contributed by atoms with Gasteiger partial charge in [-0.3, -0.25) is 0 Å². The molecular formula is C11H13N5. The lowest BCUT2D eigenvalue weighted by molar-refractivity contribution is 0.580. The summed E-state index contributed by atoms with van der Waals surface area (Å²) in [5.41, 5.74) is 0. The molecule has 3 heterocycles. The van der Waals surface area contributed by atoms with E-state index < -0.39 is 0 Å². The van der Waals surface area contributed by atoms with Crippen LogP contribution in [0.5, 0.6) is 0 Å². The van der Waals surface area contributed by atoms with Crippen molar-refractivity contribution in [1.29, 1.82) is 0 Å². The van der Waals surface area contributed by atoms with Crippen LogP contribution in [0.4, 0.5) is 0 Å². The number of hydrogen-bond acceptors (Lipinski definition) is 4. The van der Waals surface area contributed by atoms with Gasteiger partial charge in [-0.1, -0.05) is 6.07 Å². The van der Waals surface area contributed by atoms with E-state index in [2.05, 4.69) is 20.4 Å². The summed E-state index contributed by atoms with van der Waals surface area (Å²) in [5, 5.41) is 7.65. The van der Waals surface area contributed by atoms with Crippen molar-refractivity contribution in [2.24, 2.45) is 0 Å². The van der Waals surface area contributed by atoms with Crippen molar-refractivity contribution >= 4 is 0 Å². The molecule has 0 radical (unpaired) electrons. The van der Waals surface area contributed by atoms with Crippen molar-refractivity contribution in [2.45, 2.75) is 18.9 Å². The Morgan fingerprint density at radius 3 is 3.06 bits per heavy atom. The maximum atomic E-state index is 4.32. The molecule has 1 N–H and O–H groups in total. The molecule has 5 nitrogen and oxygen atoms in total. The van der Waals surface area contributed by atoms with Crippen molar-refractivity contribution in [3.8, 4) is 5.82 Å². The Hall–Kier alpha value is -1.75. The molecule has 0 aromatic carbocycles. The van der Waals surface area contributed by atoms with E-state index in [4.69, 9.17) is 0 Å². The van der Waals surface area contributed by atoms with E-state index in [1.165, 1.54) is 6.42 Å². The minimum absolute atomic E-state index is 0.310. The van der Waals surface area contributed by atoms with Gasteiger partial charge in [0.05, 0.1) is 6.04 Å². The molecule has 2 aromatic rings. The Bertz CT molecular complexity index is 458. The Balaban J connectivity index is 1.99. The van der Waals surface area contributed by atoms with E-state index in [9.17, 15) is 0 Å². The highest BCUT2D eigenvalue weighted by Gasteiger charge is 2.22. The van der Waals surface area contributed by atoms with Crippen LogP contribution >= 0.6 is 0 Å². The lowest BCUT2D eigenvalue weighted by Crippen LogP contribution is -2.18. The molecule has 5 heteroatoms. The van der Waals surface area contributed by atoms with Crippen molar-refractivity contribution in [3.05, 3.63) is 36.5 Å². The molecule has 0 bridgehead atoms. The second kappa shape index (κ2) is 4.02. The molecule has 0 saturated carbocycles.